The maximum absolute atomic E-state index is 12.1. The molecule has 1 aliphatic rings. The summed E-state index contributed by atoms with van der Waals surface area (Å²) in [4.78, 5) is 29.5. The molecule has 0 atom stereocenters. The summed E-state index contributed by atoms with van der Waals surface area (Å²) in [5.41, 5.74) is 1.26. The second kappa shape index (κ2) is 5.65. The van der Waals surface area contributed by atoms with Crippen LogP contribution in [0.5, 0.6) is 0 Å². The minimum absolute atomic E-state index is 0.0471. The van der Waals surface area contributed by atoms with E-state index in [2.05, 4.69) is 16.4 Å². The van der Waals surface area contributed by atoms with Crippen molar-refractivity contribution in [2.75, 3.05) is 0 Å². The molecule has 3 rings (SSSR count). The zero-order valence-corrected chi connectivity index (χ0v) is 12.1. The van der Waals surface area contributed by atoms with Gasteiger partial charge in [0.1, 0.15) is 5.69 Å². The van der Waals surface area contributed by atoms with Crippen LogP contribution in [-0.2, 0) is 19.4 Å². The minimum Gasteiger partial charge on any atom is -0.478 e. The molecular weight excluding hydrogens is 288 g/mol. The Balaban J connectivity index is 1.70. The molecule has 2 aromatic heterocycles. The van der Waals surface area contributed by atoms with Crippen molar-refractivity contribution in [1.82, 2.24) is 10.3 Å². The van der Waals surface area contributed by atoms with Gasteiger partial charge in [-0.25, -0.2) is 4.79 Å². The van der Waals surface area contributed by atoms with E-state index >= 15 is 0 Å². The molecule has 108 valence electrons. The standard InChI is InChI=1S/C15H14N2O3S/c18-14(13-11(15(19)20)4-2-6-16-13)17-8-10-7-9-3-1-5-12(9)21-10/h2,4,6-7H,1,3,5,8H2,(H,17,18)(H,19,20). The van der Waals surface area contributed by atoms with Crippen LogP contribution in [0.15, 0.2) is 24.4 Å². The number of amides is 1. The summed E-state index contributed by atoms with van der Waals surface area (Å²) in [6, 6.07) is 5.01. The molecule has 0 aliphatic heterocycles. The van der Waals surface area contributed by atoms with Gasteiger partial charge in [0.2, 0.25) is 0 Å². The van der Waals surface area contributed by atoms with E-state index in [9.17, 15) is 9.59 Å². The summed E-state index contributed by atoms with van der Waals surface area (Å²) in [5, 5.41) is 11.8. The first-order valence-corrected chi connectivity index (χ1v) is 7.54. The van der Waals surface area contributed by atoms with Crippen LogP contribution in [0.3, 0.4) is 0 Å². The van der Waals surface area contributed by atoms with E-state index in [0.29, 0.717) is 6.54 Å². The Morgan fingerprint density at radius 1 is 1.38 bits per heavy atom. The number of carboxylic acids is 1. The number of aryl methyl sites for hydroxylation is 2. The number of nitrogens with one attached hydrogen (secondary N) is 1. The molecule has 0 fully saturated rings. The summed E-state index contributed by atoms with van der Waals surface area (Å²) in [6.07, 6.45) is 4.87. The predicted octanol–water partition coefficient (Wildman–Crippen LogP) is 2.26. The number of pyridine rings is 1. The average Bonchev–Trinajstić information content (AvgIpc) is 3.05. The molecule has 6 heteroatoms. The topological polar surface area (TPSA) is 79.3 Å². The molecule has 0 radical (unpaired) electrons. The molecule has 1 amide bonds. The highest BCUT2D eigenvalue weighted by Crippen LogP contribution is 2.30. The molecule has 2 aromatic rings. The van der Waals surface area contributed by atoms with Gasteiger partial charge in [-0.2, -0.15) is 0 Å². The molecular formula is C15H14N2O3S. The fourth-order valence-corrected chi connectivity index (χ4v) is 3.69. The van der Waals surface area contributed by atoms with E-state index in [0.717, 1.165) is 17.7 Å². The van der Waals surface area contributed by atoms with Gasteiger partial charge in [0.25, 0.3) is 5.91 Å². The van der Waals surface area contributed by atoms with Gasteiger partial charge in [0, 0.05) is 16.0 Å². The molecule has 5 nitrogen and oxygen atoms in total. The lowest BCUT2D eigenvalue weighted by Crippen LogP contribution is -2.25. The number of carboxylic acid groups (broad SMARTS) is 1. The molecule has 0 spiro atoms. The molecule has 0 unspecified atom stereocenters. The zero-order valence-electron chi connectivity index (χ0n) is 11.3. The minimum atomic E-state index is -1.15. The number of aromatic carboxylic acids is 1. The molecule has 2 heterocycles. The highest BCUT2D eigenvalue weighted by atomic mass is 32.1. The number of rotatable bonds is 4. The third-order valence-corrected chi connectivity index (χ3v) is 4.71. The quantitative estimate of drug-likeness (QED) is 0.908. The third-order valence-electron chi connectivity index (χ3n) is 3.47. The van der Waals surface area contributed by atoms with Crippen LogP contribution in [-0.4, -0.2) is 22.0 Å². The van der Waals surface area contributed by atoms with Crippen LogP contribution in [0.1, 0.15) is 42.6 Å². The Kier molecular flexibility index (Phi) is 3.70. The van der Waals surface area contributed by atoms with Crippen molar-refractivity contribution in [3.8, 4) is 0 Å². The van der Waals surface area contributed by atoms with Gasteiger partial charge in [0.15, 0.2) is 0 Å². The van der Waals surface area contributed by atoms with Gasteiger partial charge < -0.3 is 10.4 Å². The predicted molar refractivity (Wildman–Crippen MR) is 78.7 cm³/mol. The zero-order chi connectivity index (χ0) is 14.8. The van der Waals surface area contributed by atoms with Gasteiger partial charge >= 0.3 is 5.97 Å². The first-order chi connectivity index (χ1) is 10.1. The van der Waals surface area contributed by atoms with Crippen LogP contribution in [0.25, 0.3) is 0 Å². The fourth-order valence-electron chi connectivity index (χ4n) is 2.49. The van der Waals surface area contributed by atoms with Gasteiger partial charge in [-0.15, -0.1) is 11.3 Å². The Morgan fingerprint density at radius 3 is 3.00 bits per heavy atom. The third kappa shape index (κ3) is 2.80. The molecule has 1 aliphatic carbocycles. The van der Waals surface area contributed by atoms with E-state index in [4.69, 9.17) is 5.11 Å². The number of thiophene rings is 1. The number of carbonyl (C=O) groups excluding carboxylic acids is 1. The SMILES string of the molecule is O=C(O)c1cccnc1C(=O)NCc1cc2c(s1)CCC2. The summed E-state index contributed by atoms with van der Waals surface area (Å²) in [7, 11) is 0. The van der Waals surface area contributed by atoms with E-state index in [1.807, 2.05) is 0 Å². The summed E-state index contributed by atoms with van der Waals surface area (Å²) in [5.74, 6) is -1.61. The van der Waals surface area contributed by atoms with Crippen molar-refractivity contribution in [2.45, 2.75) is 25.8 Å². The molecule has 2 N–H and O–H groups in total. The molecule has 0 saturated heterocycles. The smallest absolute Gasteiger partial charge is 0.338 e. The van der Waals surface area contributed by atoms with Crippen LogP contribution >= 0.6 is 11.3 Å². The Morgan fingerprint density at radius 2 is 2.24 bits per heavy atom. The van der Waals surface area contributed by atoms with E-state index < -0.39 is 11.9 Å². The Labute approximate surface area is 125 Å². The summed E-state index contributed by atoms with van der Waals surface area (Å²) >= 11 is 1.72. The highest BCUT2D eigenvalue weighted by Gasteiger charge is 2.18. The molecule has 21 heavy (non-hydrogen) atoms. The number of hydrogen-bond acceptors (Lipinski definition) is 4. The van der Waals surface area contributed by atoms with Crippen LogP contribution < -0.4 is 5.32 Å². The highest BCUT2D eigenvalue weighted by molar-refractivity contribution is 7.12. The van der Waals surface area contributed by atoms with Gasteiger partial charge in [0.05, 0.1) is 12.1 Å². The van der Waals surface area contributed by atoms with Crippen LogP contribution in [0.2, 0.25) is 0 Å². The summed E-state index contributed by atoms with van der Waals surface area (Å²) < 4.78 is 0. The Hall–Kier alpha value is -2.21. The average molecular weight is 302 g/mol. The van der Waals surface area contributed by atoms with Crippen molar-refractivity contribution >= 4 is 23.2 Å². The normalized spacial score (nSPS) is 13.0. The summed E-state index contributed by atoms with van der Waals surface area (Å²) in [6.45, 7) is 0.409. The lowest BCUT2D eigenvalue weighted by Gasteiger charge is -2.05. The van der Waals surface area contributed by atoms with Gasteiger partial charge in [-0.1, -0.05) is 0 Å². The number of aromatic nitrogens is 1. The molecule has 0 saturated carbocycles. The number of hydrogen-bond donors (Lipinski definition) is 2. The number of carbonyl (C=O) groups is 2. The maximum atomic E-state index is 12.1. The number of nitrogens with zero attached hydrogens (tertiary/aromatic N) is 1. The van der Waals surface area contributed by atoms with Gasteiger partial charge in [-0.3, -0.25) is 9.78 Å². The van der Waals surface area contributed by atoms with E-state index in [1.54, 1.807) is 11.3 Å². The van der Waals surface area contributed by atoms with E-state index in [1.165, 1.54) is 35.2 Å². The maximum Gasteiger partial charge on any atom is 0.338 e. The lowest BCUT2D eigenvalue weighted by atomic mass is 10.2. The van der Waals surface area contributed by atoms with Gasteiger partial charge in [-0.05, 0) is 43.0 Å². The molecule has 0 bridgehead atoms. The van der Waals surface area contributed by atoms with Crippen molar-refractivity contribution in [1.29, 1.82) is 0 Å². The fraction of sp³-hybridized carbons (Fsp3) is 0.267. The second-order valence-electron chi connectivity index (χ2n) is 4.90. The van der Waals surface area contributed by atoms with Crippen LogP contribution in [0.4, 0.5) is 0 Å². The second-order valence-corrected chi connectivity index (χ2v) is 6.12. The molecule has 0 aromatic carbocycles. The first-order valence-electron chi connectivity index (χ1n) is 6.72. The largest absolute Gasteiger partial charge is 0.478 e. The lowest BCUT2D eigenvalue weighted by molar-refractivity contribution is 0.0690. The first kappa shape index (κ1) is 13.8. The number of fused-ring (bicyclic) bond motifs is 1. The van der Waals surface area contributed by atoms with Crippen molar-refractivity contribution < 1.29 is 14.7 Å². The van der Waals surface area contributed by atoms with E-state index in [-0.39, 0.29) is 11.3 Å². The van der Waals surface area contributed by atoms with Crippen molar-refractivity contribution in [3.05, 3.63) is 51.0 Å². The Bertz CT molecular complexity index is 687. The van der Waals surface area contributed by atoms with Crippen LogP contribution in [0, 0.1) is 0 Å². The van der Waals surface area contributed by atoms with Crippen molar-refractivity contribution in [2.24, 2.45) is 0 Å². The monoisotopic (exact) mass is 302 g/mol. The van der Waals surface area contributed by atoms with Crippen molar-refractivity contribution in [3.63, 3.8) is 0 Å².